The molecule has 0 heterocycles. The van der Waals surface area contributed by atoms with E-state index in [4.69, 9.17) is 0 Å². The standard InChI is InChI=1S/C19H27N/c1-4-10-18-15(6-1)7-5-13-19(18,14-20-17-11-12-17)16-8-2-3-9-16/h1,4,6,10,16-17,20H,2-3,5,7-9,11-14H2. The molecule has 3 aliphatic rings. The molecule has 0 aromatic heterocycles. The SMILES string of the molecule is c1ccc2c(c1)CCCC2(CNC1CC1)C1CCCC1. The van der Waals surface area contributed by atoms with Gasteiger partial charge < -0.3 is 5.32 Å². The molecule has 1 aromatic carbocycles. The topological polar surface area (TPSA) is 12.0 Å². The van der Waals surface area contributed by atoms with Crippen LogP contribution in [0, 0.1) is 5.92 Å². The van der Waals surface area contributed by atoms with Crippen LogP contribution in [0.4, 0.5) is 0 Å². The Balaban J connectivity index is 1.70. The molecule has 1 N–H and O–H groups in total. The van der Waals surface area contributed by atoms with Gasteiger partial charge in [0.1, 0.15) is 0 Å². The molecule has 20 heavy (non-hydrogen) atoms. The Morgan fingerprint density at radius 2 is 1.80 bits per heavy atom. The van der Waals surface area contributed by atoms with Crippen molar-refractivity contribution in [2.45, 2.75) is 69.2 Å². The second-order valence-electron chi connectivity index (χ2n) is 7.30. The molecule has 1 aromatic rings. The van der Waals surface area contributed by atoms with Crippen LogP contribution in [0.25, 0.3) is 0 Å². The van der Waals surface area contributed by atoms with Crippen LogP contribution in [0.2, 0.25) is 0 Å². The van der Waals surface area contributed by atoms with Gasteiger partial charge in [0, 0.05) is 18.0 Å². The van der Waals surface area contributed by atoms with E-state index < -0.39 is 0 Å². The maximum Gasteiger partial charge on any atom is 0.0109 e. The molecule has 0 spiro atoms. The Morgan fingerprint density at radius 3 is 2.60 bits per heavy atom. The van der Waals surface area contributed by atoms with E-state index in [-0.39, 0.29) is 0 Å². The lowest BCUT2D eigenvalue weighted by Gasteiger charge is -2.44. The van der Waals surface area contributed by atoms with Crippen molar-refractivity contribution < 1.29 is 0 Å². The van der Waals surface area contributed by atoms with Crippen molar-refractivity contribution >= 4 is 0 Å². The van der Waals surface area contributed by atoms with Crippen LogP contribution >= 0.6 is 0 Å². The highest BCUT2D eigenvalue weighted by molar-refractivity contribution is 5.38. The Bertz CT molecular complexity index is 470. The summed E-state index contributed by atoms with van der Waals surface area (Å²) in [5.74, 6) is 0.926. The molecule has 2 fully saturated rings. The maximum atomic E-state index is 3.88. The third-order valence-electron chi connectivity index (χ3n) is 6.04. The van der Waals surface area contributed by atoms with E-state index in [0.717, 1.165) is 12.0 Å². The normalized spacial score (nSPS) is 30.4. The Morgan fingerprint density at radius 1 is 1.00 bits per heavy atom. The first kappa shape index (κ1) is 12.9. The van der Waals surface area contributed by atoms with Gasteiger partial charge in [-0.15, -0.1) is 0 Å². The minimum atomic E-state index is 0.452. The van der Waals surface area contributed by atoms with Gasteiger partial charge in [0.05, 0.1) is 0 Å². The average molecular weight is 269 g/mol. The minimum absolute atomic E-state index is 0.452. The molecule has 1 atom stereocenters. The molecule has 0 bridgehead atoms. The van der Waals surface area contributed by atoms with Gasteiger partial charge in [0.15, 0.2) is 0 Å². The van der Waals surface area contributed by atoms with Crippen LogP contribution in [0.1, 0.15) is 62.5 Å². The van der Waals surface area contributed by atoms with Crippen molar-refractivity contribution in [1.29, 1.82) is 0 Å². The zero-order valence-corrected chi connectivity index (χ0v) is 12.5. The van der Waals surface area contributed by atoms with Gasteiger partial charge in [-0.25, -0.2) is 0 Å². The van der Waals surface area contributed by atoms with E-state index in [1.54, 1.807) is 11.1 Å². The lowest BCUT2D eigenvalue weighted by molar-refractivity contribution is 0.223. The monoisotopic (exact) mass is 269 g/mol. The van der Waals surface area contributed by atoms with E-state index in [9.17, 15) is 0 Å². The smallest absolute Gasteiger partial charge is 0.0109 e. The molecule has 1 unspecified atom stereocenters. The summed E-state index contributed by atoms with van der Waals surface area (Å²) in [7, 11) is 0. The summed E-state index contributed by atoms with van der Waals surface area (Å²) in [6.07, 6.45) is 12.7. The zero-order chi connectivity index (χ0) is 13.4. The average Bonchev–Trinajstić information content (AvgIpc) is 3.16. The molecular weight excluding hydrogens is 242 g/mol. The lowest BCUT2D eigenvalue weighted by Crippen LogP contribution is -2.46. The van der Waals surface area contributed by atoms with Crippen LogP contribution in [-0.2, 0) is 11.8 Å². The largest absolute Gasteiger partial charge is 0.313 e. The zero-order valence-electron chi connectivity index (χ0n) is 12.5. The van der Waals surface area contributed by atoms with Crippen LogP contribution in [0.3, 0.4) is 0 Å². The number of rotatable bonds is 4. The van der Waals surface area contributed by atoms with Crippen molar-refractivity contribution in [2.24, 2.45) is 5.92 Å². The van der Waals surface area contributed by atoms with Gasteiger partial charge >= 0.3 is 0 Å². The third-order valence-corrected chi connectivity index (χ3v) is 6.04. The van der Waals surface area contributed by atoms with Gasteiger partial charge in [-0.1, -0.05) is 37.1 Å². The van der Waals surface area contributed by atoms with E-state index in [0.29, 0.717) is 5.41 Å². The molecule has 0 saturated heterocycles. The second kappa shape index (κ2) is 5.18. The third kappa shape index (κ3) is 2.20. The number of nitrogens with one attached hydrogen (secondary N) is 1. The molecule has 3 aliphatic carbocycles. The molecule has 0 aliphatic heterocycles. The van der Waals surface area contributed by atoms with Crippen molar-refractivity contribution in [2.75, 3.05) is 6.54 Å². The summed E-state index contributed by atoms with van der Waals surface area (Å²) < 4.78 is 0. The number of hydrogen-bond acceptors (Lipinski definition) is 1. The molecule has 0 radical (unpaired) electrons. The van der Waals surface area contributed by atoms with Gasteiger partial charge in [0.2, 0.25) is 0 Å². The maximum absolute atomic E-state index is 3.88. The number of benzene rings is 1. The summed E-state index contributed by atoms with van der Waals surface area (Å²) in [6.45, 7) is 1.24. The Kier molecular flexibility index (Phi) is 3.34. The molecular formula is C19H27N. The van der Waals surface area contributed by atoms with Crippen molar-refractivity contribution in [1.82, 2.24) is 5.32 Å². The predicted molar refractivity (Wildman–Crippen MR) is 84.0 cm³/mol. The van der Waals surface area contributed by atoms with Gasteiger partial charge in [-0.05, 0) is 62.0 Å². The highest BCUT2D eigenvalue weighted by atomic mass is 15.0. The van der Waals surface area contributed by atoms with Crippen LogP contribution in [-0.4, -0.2) is 12.6 Å². The minimum Gasteiger partial charge on any atom is -0.313 e. The summed E-state index contributed by atoms with van der Waals surface area (Å²) in [4.78, 5) is 0. The molecule has 4 rings (SSSR count). The van der Waals surface area contributed by atoms with Crippen molar-refractivity contribution in [3.8, 4) is 0 Å². The number of hydrogen-bond donors (Lipinski definition) is 1. The highest BCUT2D eigenvalue weighted by Gasteiger charge is 2.44. The first-order valence-corrected chi connectivity index (χ1v) is 8.70. The van der Waals surface area contributed by atoms with Gasteiger partial charge in [-0.2, -0.15) is 0 Å². The fourth-order valence-electron chi connectivity index (χ4n) is 4.80. The quantitative estimate of drug-likeness (QED) is 0.863. The molecule has 1 nitrogen and oxygen atoms in total. The van der Waals surface area contributed by atoms with Gasteiger partial charge in [-0.3, -0.25) is 0 Å². The summed E-state index contributed by atoms with van der Waals surface area (Å²) in [6, 6.07) is 10.2. The highest BCUT2D eigenvalue weighted by Crippen LogP contribution is 2.49. The van der Waals surface area contributed by atoms with E-state index in [1.807, 2.05) is 0 Å². The van der Waals surface area contributed by atoms with Crippen LogP contribution in [0.5, 0.6) is 0 Å². The summed E-state index contributed by atoms with van der Waals surface area (Å²) in [5, 5.41) is 3.88. The molecule has 1 heteroatoms. The number of fused-ring (bicyclic) bond motifs is 1. The van der Waals surface area contributed by atoms with Crippen LogP contribution < -0.4 is 5.32 Å². The molecule has 0 amide bonds. The second-order valence-corrected chi connectivity index (χ2v) is 7.30. The van der Waals surface area contributed by atoms with Crippen molar-refractivity contribution in [3.05, 3.63) is 35.4 Å². The predicted octanol–water partition coefficient (Wildman–Crippen LogP) is 4.20. The van der Waals surface area contributed by atoms with E-state index in [1.165, 1.54) is 64.3 Å². The molecule has 108 valence electrons. The lowest BCUT2D eigenvalue weighted by atomic mass is 9.62. The summed E-state index contributed by atoms with van der Waals surface area (Å²) in [5.41, 5.74) is 3.79. The fourth-order valence-corrected chi connectivity index (χ4v) is 4.80. The van der Waals surface area contributed by atoms with E-state index in [2.05, 4.69) is 29.6 Å². The van der Waals surface area contributed by atoms with Crippen molar-refractivity contribution in [3.63, 3.8) is 0 Å². The Hall–Kier alpha value is -0.820. The van der Waals surface area contributed by atoms with Crippen LogP contribution in [0.15, 0.2) is 24.3 Å². The van der Waals surface area contributed by atoms with E-state index >= 15 is 0 Å². The summed E-state index contributed by atoms with van der Waals surface area (Å²) >= 11 is 0. The fraction of sp³-hybridized carbons (Fsp3) is 0.684. The first-order valence-electron chi connectivity index (χ1n) is 8.70. The first-order chi connectivity index (χ1) is 9.88. The molecule has 2 saturated carbocycles. The number of aryl methyl sites for hydroxylation is 1. The van der Waals surface area contributed by atoms with Gasteiger partial charge in [0.25, 0.3) is 0 Å². The Labute approximate surface area is 123 Å².